The normalized spacial score (nSPS) is 10.2. The van der Waals surface area contributed by atoms with Gasteiger partial charge in [0, 0.05) is 11.6 Å². The third-order valence-corrected chi connectivity index (χ3v) is 3.30. The molecule has 126 valence electrons. The molecule has 0 fully saturated rings. The van der Waals surface area contributed by atoms with Crippen molar-refractivity contribution in [1.82, 2.24) is 0 Å². The van der Waals surface area contributed by atoms with Gasteiger partial charge >= 0.3 is 5.97 Å². The van der Waals surface area contributed by atoms with Gasteiger partial charge in [0.05, 0.1) is 31.2 Å². The lowest BCUT2D eigenvalue weighted by Crippen LogP contribution is -2.10. The minimum Gasteiger partial charge on any atom is -0.497 e. The molecule has 0 heterocycles. The minimum atomic E-state index is -1.34. The summed E-state index contributed by atoms with van der Waals surface area (Å²) in [5.74, 6) is -3.98. The van der Waals surface area contributed by atoms with Gasteiger partial charge in [-0.05, 0) is 18.2 Å². The molecule has 24 heavy (non-hydrogen) atoms. The largest absolute Gasteiger partial charge is 0.497 e. The van der Waals surface area contributed by atoms with Crippen LogP contribution in [0.5, 0.6) is 5.75 Å². The summed E-state index contributed by atoms with van der Waals surface area (Å²) in [6.45, 7) is 3.35. The molecule has 0 amide bonds. The van der Waals surface area contributed by atoms with Crippen molar-refractivity contribution in [2.24, 2.45) is 0 Å². The number of halogens is 3. The number of rotatable bonds is 5. The van der Waals surface area contributed by atoms with Crippen molar-refractivity contribution >= 4 is 23.4 Å². The zero-order chi connectivity index (χ0) is 17.9. The molecular formula is C17H14F3NO3. The smallest absolute Gasteiger partial charge is 0.340 e. The third kappa shape index (κ3) is 3.19. The second-order valence-electron chi connectivity index (χ2n) is 4.68. The fourth-order valence-electron chi connectivity index (χ4n) is 2.05. The van der Waals surface area contributed by atoms with Crippen LogP contribution >= 0.6 is 0 Å². The monoisotopic (exact) mass is 337 g/mol. The van der Waals surface area contributed by atoms with Crippen molar-refractivity contribution in [1.29, 1.82) is 0 Å². The molecule has 0 spiro atoms. The molecule has 7 heteroatoms. The van der Waals surface area contributed by atoms with Crippen molar-refractivity contribution in [2.45, 2.75) is 0 Å². The molecule has 2 rings (SSSR count). The Labute approximate surface area is 136 Å². The highest BCUT2D eigenvalue weighted by molar-refractivity contribution is 5.97. The van der Waals surface area contributed by atoms with Crippen molar-refractivity contribution in [3.05, 3.63) is 59.4 Å². The molecule has 0 saturated heterocycles. The Hall–Kier alpha value is -2.96. The van der Waals surface area contributed by atoms with Gasteiger partial charge < -0.3 is 14.8 Å². The van der Waals surface area contributed by atoms with E-state index < -0.39 is 29.1 Å². The number of esters is 1. The summed E-state index contributed by atoms with van der Waals surface area (Å²) in [6, 6.07) is 4.83. The van der Waals surface area contributed by atoms with Crippen LogP contribution in [0.15, 0.2) is 30.8 Å². The van der Waals surface area contributed by atoms with Crippen LogP contribution in [0.2, 0.25) is 0 Å². The fourth-order valence-corrected chi connectivity index (χ4v) is 2.05. The summed E-state index contributed by atoms with van der Waals surface area (Å²) in [7, 11) is 2.45. The molecule has 0 aliphatic heterocycles. The fraction of sp³-hybridized carbons (Fsp3) is 0.118. The van der Waals surface area contributed by atoms with E-state index in [2.05, 4.69) is 16.6 Å². The third-order valence-electron chi connectivity index (χ3n) is 3.30. The highest BCUT2D eigenvalue weighted by Gasteiger charge is 2.23. The molecule has 0 unspecified atom stereocenters. The van der Waals surface area contributed by atoms with Gasteiger partial charge in [-0.2, -0.15) is 0 Å². The van der Waals surface area contributed by atoms with Crippen LogP contribution < -0.4 is 10.1 Å². The van der Waals surface area contributed by atoms with Crippen molar-refractivity contribution in [2.75, 3.05) is 19.5 Å². The first-order chi connectivity index (χ1) is 11.4. The van der Waals surface area contributed by atoms with Crippen molar-refractivity contribution in [3.63, 3.8) is 0 Å². The van der Waals surface area contributed by atoms with E-state index in [1.54, 1.807) is 0 Å². The Kier molecular flexibility index (Phi) is 5.13. The molecule has 0 aliphatic carbocycles. The lowest BCUT2D eigenvalue weighted by atomic mass is 10.1. The first-order valence-electron chi connectivity index (χ1n) is 6.76. The number of carbonyl (C=O) groups is 1. The number of methoxy groups -OCH3 is 2. The average Bonchev–Trinajstić information content (AvgIpc) is 2.59. The van der Waals surface area contributed by atoms with Crippen LogP contribution in [0.1, 0.15) is 15.9 Å². The van der Waals surface area contributed by atoms with Crippen molar-refractivity contribution < 1.29 is 27.4 Å². The van der Waals surface area contributed by atoms with Crippen LogP contribution in [-0.2, 0) is 4.74 Å². The second kappa shape index (κ2) is 7.08. The predicted octanol–water partition coefficient (Wildman–Crippen LogP) is 4.29. The first-order valence-corrected chi connectivity index (χ1v) is 6.76. The van der Waals surface area contributed by atoms with E-state index in [9.17, 15) is 18.0 Å². The summed E-state index contributed by atoms with van der Waals surface area (Å²) in [6.07, 6.45) is 1.06. The maximum absolute atomic E-state index is 14.3. The van der Waals surface area contributed by atoms with Crippen molar-refractivity contribution in [3.8, 4) is 5.75 Å². The van der Waals surface area contributed by atoms with Gasteiger partial charge in [0.1, 0.15) is 11.6 Å². The molecule has 0 saturated carbocycles. The molecule has 0 aliphatic rings. The van der Waals surface area contributed by atoms with E-state index in [1.165, 1.54) is 19.2 Å². The van der Waals surface area contributed by atoms with Crippen LogP contribution in [0.4, 0.5) is 24.5 Å². The molecular weight excluding hydrogens is 323 g/mol. The Bertz CT molecular complexity index is 806. The summed E-state index contributed by atoms with van der Waals surface area (Å²) in [4.78, 5) is 11.8. The first kappa shape index (κ1) is 17.4. The molecule has 4 nitrogen and oxygen atoms in total. The topological polar surface area (TPSA) is 47.6 Å². The van der Waals surface area contributed by atoms with Gasteiger partial charge in [-0.3, -0.25) is 0 Å². The standard InChI is InChI=1S/C17H14F3NO3/c1-4-9-7-11(17(22)24-3)16(15(20)14(9)19)21-13-6-5-10(23-2)8-12(13)18/h4-8,21H,1H2,2-3H3. The molecule has 0 aromatic heterocycles. The summed E-state index contributed by atoms with van der Waals surface area (Å²) >= 11 is 0. The number of hydrogen-bond acceptors (Lipinski definition) is 4. The minimum absolute atomic E-state index is 0.161. The molecule has 0 atom stereocenters. The van der Waals surface area contributed by atoms with E-state index in [4.69, 9.17) is 4.74 Å². The SMILES string of the molecule is C=Cc1cc(C(=O)OC)c(Nc2ccc(OC)cc2F)c(F)c1F. The Morgan fingerprint density at radius 1 is 1.17 bits per heavy atom. The quantitative estimate of drug-likeness (QED) is 0.827. The van der Waals surface area contributed by atoms with Gasteiger partial charge in [0.15, 0.2) is 11.6 Å². The van der Waals surface area contributed by atoms with E-state index in [0.29, 0.717) is 0 Å². The summed E-state index contributed by atoms with van der Waals surface area (Å²) < 4.78 is 51.8. The summed E-state index contributed by atoms with van der Waals surface area (Å²) in [5, 5.41) is 2.39. The van der Waals surface area contributed by atoms with E-state index >= 15 is 0 Å². The van der Waals surface area contributed by atoms with Crippen LogP contribution in [0.3, 0.4) is 0 Å². The lowest BCUT2D eigenvalue weighted by Gasteiger charge is -2.15. The average molecular weight is 337 g/mol. The molecule has 0 radical (unpaired) electrons. The number of carbonyl (C=O) groups excluding carboxylic acids is 1. The molecule has 1 N–H and O–H groups in total. The zero-order valence-electron chi connectivity index (χ0n) is 13.0. The maximum Gasteiger partial charge on any atom is 0.340 e. The predicted molar refractivity (Wildman–Crippen MR) is 84.0 cm³/mol. The number of anilines is 2. The molecule has 2 aromatic rings. The highest BCUT2D eigenvalue weighted by atomic mass is 19.2. The number of benzene rings is 2. The Balaban J connectivity index is 2.58. The number of nitrogens with one attached hydrogen (secondary N) is 1. The molecule has 0 bridgehead atoms. The second-order valence-corrected chi connectivity index (χ2v) is 4.68. The van der Waals surface area contributed by atoms with Crippen LogP contribution in [0.25, 0.3) is 6.08 Å². The van der Waals surface area contributed by atoms with Gasteiger partial charge in [-0.1, -0.05) is 12.7 Å². The maximum atomic E-state index is 14.3. The van der Waals surface area contributed by atoms with E-state index in [-0.39, 0.29) is 22.6 Å². The van der Waals surface area contributed by atoms with Gasteiger partial charge in [-0.25, -0.2) is 18.0 Å². The molecule has 2 aromatic carbocycles. The van der Waals surface area contributed by atoms with E-state index in [1.807, 2.05) is 0 Å². The van der Waals surface area contributed by atoms with Gasteiger partial charge in [-0.15, -0.1) is 0 Å². The van der Waals surface area contributed by atoms with Crippen LogP contribution in [-0.4, -0.2) is 20.2 Å². The van der Waals surface area contributed by atoms with Crippen LogP contribution in [0, 0.1) is 17.5 Å². The summed E-state index contributed by atoms with van der Waals surface area (Å²) in [5.41, 5.74) is -1.20. The zero-order valence-corrected chi connectivity index (χ0v) is 13.0. The highest BCUT2D eigenvalue weighted by Crippen LogP contribution is 2.31. The van der Waals surface area contributed by atoms with Gasteiger partial charge in [0.25, 0.3) is 0 Å². The Morgan fingerprint density at radius 3 is 2.42 bits per heavy atom. The number of ether oxygens (including phenoxy) is 2. The van der Waals surface area contributed by atoms with E-state index in [0.717, 1.165) is 25.3 Å². The number of hydrogen-bond donors (Lipinski definition) is 1. The lowest BCUT2D eigenvalue weighted by molar-refractivity contribution is 0.0601. The van der Waals surface area contributed by atoms with Gasteiger partial charge in [0.2, 0.25) is 0 Å². The Morgan fingerprint density at radius 2 is 1.88 bits per heavy atom.